The summed E-state index contributed by atoms with van der Waals surface area (Å²) in [6.45, 7) is 6.71. The number of anilines is 2. The Morgan fingerprint density at radius 3 is 2.14 bits per heavy atom. The van der Waals surface area contributed by atoms with Crippen molar-refractivity contribution in [3.05, 3.63) is 94.3 Å². The number of carboxylic acids is 1. The number of nitrogens with one attached hydrogen (secondary N) is 1. The number of aliphatic carboxylic acids is 1. The Kier molecular flexibility index (Phi) is 8.19. The van der Waals surface area contributed by atoms with Gasteiger partial charge < -0.3 is 10.4 Å². The van der Waals surface area contributed by atoms with Gasteiger partial charge in [0.1, 0.15) is 11.5 Å². The second-order valence-electron chi connectivity index (χ2n) is 8.95. The zero-order valence-electron chi connectivity index (χ0n) is 20.6. The first-order valence-corrected chi connectivity index (χ1v) is 11.5. The van der Waals surface area contributed by atoms with Gasteiger partial charge in [0.25, 0.3) is 0 Å². The smallest absolute Gasteiger partial charge is 0.374 e. The van der Waals surface area contributed by atoms with Crippen LogP contribution in [0.15, 0.2) is 77.6 Å². The Hall–Kier alpha value is -4.07. The molecule has 2 aromatic heterocycles. The average Bonchev–Trinajstić information content (AvgIpc) is 2.81. The molecule has 36 heavy (non-hydrogen) atoms. The van der Waals surface area contributed by atoms with Crippen molar-refractivity contribution in [2.75, 3.05) is 5.32 Å². The molecule has 2 aromatic carbocycles. The minimum absolute atomic E-state index is 0.0249. The molecule has 8 heteroatoms. The maximum atomic E-state index is 13.0. The Labute approximate surface area is 208 Å². The highest BCUT2D eigenvalue weighted by Crippen LogP contribution is 2.26. The number of hydrogen-bond acceptors (Lipinski definition) is 4. The molecule has 0 unspecified atom stereocenters. The topological polar surface area (TPSA) is 84.2 Å². The first-order chi connectivity index (χ1) is 17.0. The highest BCUT2D eigenvalue weighted by atomic mass is 19.3. The summed E-state index contributed by atoms with van der Waals surface area (Å²) in [5.41, 5.74) is 4.62. The van der Waals surface area contributed by atoms with Crippen molar-refractivity contribution in [1.82, 2.24) is 9.55 Å². The number of aryl methyl sites for hydroxylation is 1. The summed E-state index contributed by atoms with van der Waals surface area (Å²) in [5.74, 6) is -4.47. The fourth-order valence-electron chi connectivity index (χ4n) is 3.61. The van der Waals surface area contributed by atoms with Crippen molar-refractivity contribution in [1.29, 1.82) is 0 Å². The van der Waals surface area contributed by atoms with E-state index < -0.39 is 11.9 Å². The molecular weight excluding hydrogens is 464 g/mol. The largest absolute Gasteiger partial charge is 0.477 e. The molecule has 2 N–H and O–H groups in total. The Balaban J connectivity index is 0.000000454. The Morgan fingerprint density at radius 1 is 1.06 bits per heavy atom. The molecule has 0 saturated carbocycles. The van der Waals surface area contributed by atoms with Gasteiger partial charge in [-0.15, -0.1) is 0 Å². The lowest BCUT2D eigenvalue weighted by Gasteiger charge is -2.19. The van der Waals surface area contributed by atoms with E-state index in [1.165, 1.54) is 0 Å². The van der Waals surface area contributed by atoms with Crippen LogP contribution < -0.4 is 10.7 Å². The van der Waals surface area contributed by atoms with Gasteiger partial charge in [-0.2, -0.15) is 8.78 Å². The summed E-state index contributed by atoms with van der Waals surface area (Å²) in [5, 5.41) is 11.5. The van der Waals surface area contributed by atoms with Crippen LogP contribution in [0.4, 0.5) is 20.3 Å². The van der Waals surface area contributed by atoms with Crippen LogP contribution in [0.25, 0.3) is 16.7 Å². The molecule has 0 amide bonds. The minimum atomic E-state index is -3.58. The SMILES string of the molecule is CC(F)(F)C(=O)O.Cc1nc2c(cc1CC(C)C)c(=O)cc(Nc1ccccc1)n2-c1ccccc1. The van der Waals surface area contributed by atoms with Gasteiger partial charge in [-0.25, -0.2) is 9.78 Å². The molecule has 0 bridgehead atoms. The van der Waals surface area contributed by atoms with E-state index >= 15 is 0 Å². The molecule has 188 valence electrons. The van der Waals surface area contributed by atoms with Crippen LogP contribution in [0.2, 0.25) is 0 Å². The molecule has 4 rings (SSSR count). The van der Waals surface area contributed by atoms with Gasteiger partial charge in [0.05, 0.1) is 5.39 Å². The van der Waals surface area contributed by atoms with Crippen molar-refractivity contribution in [3.63, 3.8) is 0 Å². The number of pyridine rings is 2. The van der Waals surface area contributed by atoms with Crippen LogP contribution in [0.3, 0.4) is 0 Å². The average molecular weight is 494 g/mol. The number of nitrogens with zero attached hydrogens (tertiary/aromatic N) is 2. The number of hydrogen-bond donors (Lipinski definition) is 2. The summed E-state index contributed by atoms with van der Waals surface area (Å²) in [7, 11) is 0. The van der Waals surface area contributed by atoms with E-state index in [0.29, 0.717) is 29.7 Å². The van der Waals surface area contributed by atoms with Crippen LogP contribution in [-0.4, -0.2) is 26.5 Å². The van der Waals surface area contributed by atoms with Crippen LogP contribution in [0.5, 0.6) is 0 Å². The standard InChI is InChI=1S/C25H25N3O.C3H4F2O2/c1-17(2)14-19-15-22-23(29)16-24(27-20-10-6-4-7-11-20)28(25(22)26-18(19)3)21-12-8-5-9-13-21;1-3(4,5)2(6)7/h4-13,15-17,27H,14H2,1-3H3;1H3,(H,6,7). The van der Waals surface area contributed by atoms with Crippen LogP contribution in [0.1, 0.15) is 32.0 Å². The monoisotopic (exact) mass is 493 g/mol. The van der Waals surface area contributed by atoms with E-state index in [-0.39, 0.29) is 5.43 Å². The first kappa shape index (κ1) is 26.5. The van der Waals surface area contributed by atoms with E-state index in [2.05, 4.69) is 19.2 Å². The molecule has 0 fully saturated rings. The normalized spacial score (nSPS) is 11.2. The number of carboxylic acid groups (broad SMARTS) is 1. The summed E-state index contributed by atoms with van der Waals surface area (Å²) < 4.78 is 24.5. The number of rotatable bonds is 6. The van der Waals surface area contributed by atoms with Gasteiger partial charge in [0.15, 0.2) is 5.43 Å². The third-order valence-corrected chi connectivity index (χ3v) is 5.35. The van der Waals surface area contributed by atoms with E-state index in [4.69, 9.17) is 10.1 Å². The number of aromatic nitrogens is 2. The lowest BCUT2D eigenvalue weighted by Crippen LogP contribution is -2.22. The minimum Gasteiger partial charge on any atom is -0.477 e. The number of fused-ring (bicyclic) bond motifs is 1. The van der Waals surface area contributed by atoms with Gasteiger partial charge in [0, 0.05) is 30.1 Å². The second-order valence-corrected chi connectivity index (χ2v) is 8.95. The van der Waals surface area contributed by atoms with Crippen LogP contribution >= 0.6 is 0 Å². The maximum absolute atomic E-state index is 13.0. The molecule has 0 radical (unpaired) electrons. The number of benzene rings is 2. The summed E-state index contributed by atoms with van der Waals surface area (Å²) in [6.07, 6.45) is 0.906. The van der Waals surface area contributed by atoms with Crippen molar-refractivity contribution in [3.8, 4) is 5.69 Å². The lowest BCUT2D eigenvalue weighted by molar-refractivity contribution is -0.161. The van der Waals surface area contributed by atoms with E-state index in [0.717, 1.165) is 29.1 Å². The van der Waals surface area contributed by atoms with E-state index in [1.807, 2.05) is 78.2 Å². The third-order valence-electron chi connectivity index (χ3n) is 5.35. The number of alkyl halides is 2. The predicted octanol–water partition coefficient (Wildman–Crippen LogP) is 6.36. The van der Waals surface area contributed by atoms with Gasteiger partial charge in [-0.1, -0.05) is 50.2 Å². The molecule has 4 aromatic rings. The molecule has 0 atom stereocenters. The summed E-state index contributed by atoms with van der Waals surface area (Å²) in [6, 6.07) is 23.6. The number of halogens is 2. The molecule has 0 aliphatic rings. The molecule has 0 aliphatic heterocycles. The van der Waals surface area contributed by atoms with Crippen molar-refractivity contribution in [2.45, 2.75) is 40.0 Å². The van der Waals surface area contributed by atoms with Crippen molar-refractivity contribution >= 4 is 28.5 Å². The second kappa shape index (κ2) is 11.1. The molecule has 0 saturated heterocycles. The van der Waals surface area contributed by atoms with E-state index in [1.54, 1.807) is 6.07 Å². The van der Waals surface area contributed by atoms with Gasteiger partial charge in [0.2, 0.25) is 0 Å². The Morgan fingerprint density at radius 2 is 1.61 bits per heavy atom. The van der Waals surface area contributed by atoms with Crippen molar-refractivity contribution in [2.24, 2.45) is 5.92 Å². The summed E-state index contributed by atoms with van der Waals surface area (Å²) >= 11 is 0. The quantitative estimate of drug-likeness (QED) is 0.326. The van der Waals surface area contributed by atoms with E-state index in [9.17, 15) is 18.4 Å². The molecule has 6 nitrogen and oxygen atoms in total. The maximum Gasteiger partial charge on any atom is 0.374 e. The first-order valence-electron chi connectivity index (χ1n) is 11.5. The molecule has 0 aliphatic carbocycles. The molecule has 2 heterocycles. The van der Waals surface area contributed by atoms with Crippen LogP contribution in [-0.2, 0) is 11.2 Å². The lowest BCUT2D eigenvalue weighted by atomic mass is 10.0. The van der Waals surface area contributed by atoms with Gasteiger partial charge >= 0.3 is 11.9 Å². The highest BCUT2D eigenvalue weighted by Gasteiger charge is 2.31. The predicted molar refractivity (Wildman–Crippen MR) is 139 cm³/mol. The number of carbonyl (C=O) groups is 1. The zero-order chi connectivity index (χ0) is 26.5. The fourth-order valence-corrected chi connectivity index (χ4v) is 3.61. The van der Waals surface area contributed by atoms with Crippen LogP contribution in [0, 0.1) is 12.8 Å². The third kappa shape index (κ3) is 6.53. The van der Waals surface area contributed by atoms with Gasteiger partial charge in [-0.3, -0.25) is 9.36 Å². The Bertz CT molecular complexity index is 1400. The zero-order valence-corrected chi connectivity index (χ0v) is 20.6. The highest BCUT2D eigenvalue weighted by molar-refractivity contribution is 5.82. The molecule has 0 spiro atoms. The van der Waals surface area contributed by atoms with Gasteiger partial charge in [-0.05, 0) is 55.2 Å². The fraction of sp³-hybridized carbons (Fsp3) is 0.250. The number of para-hydroxylation sites is 2. The molecular formula is C28H29F2N3O3. The summed E-state index contributed by atoms with van der Waals surface area (Å²) in [4.78, 5) is 27.2. The van der Waals surface area contributed by atoms with Crippen molar-refractivity contribution < 1.29 is 18.7 Å².